The van der Waals surface area contributed by atoms with Crippen LogP contribution in [0.5, 0.6) is 0 Å². The van der Waals surface area contributed by atoms with Crippen molar-refractivity contribution in [3.05, 3.63) is 76.7 Å². The Hall–Kier alpha value is -3.23. The molecule has 2 aromatic carbocycles. The molecule has 3 rings (SSSR count). The number of nitrogens with one attached hydrogen (secondary N) is 1. The molecule has 1 heterocycles. The number of aromatic nitrogens is 1. The van der Waals surface area contributed by atoms with Gasteiger partial charge in [-0.15, -0.1) is 0 Å². The monoisotopic (exact) mass is 432 g/mol. The maximum absolute atomic E-state index is 14.1. The fourth-order valence-electron chi connectivity index (χ4n) is 2.90. The Morgan fingerprint density at radius 2 is 1.93 bits per heavy atom. The van der Waals surface area contributed by atoms with E-state index in [0.29, 0.717) is 27.5 Å². The molecular weight excluding hydrogens is 415 g/mol. The van der Waals surface area contributed by atoms with Crippen molar-refractivity contribution >= 4 is 23.5 Å². The van der Waals surface area contributed by atoms with Crippen molar-refractivity contribution in [1.29, 1.82) is 0 Å². The highest BCUT2D eigenvalue weighted by Crippen LogP contribution is 2.28. The summed E-state index contributed by atoms with van der Waals surface area (Å²) in [5.74, 6) is -2.26. The lowest BCUT2D eigenvalue weighted by Gasteiger charge is -2.20. The van der Waals surface area contributed by atoms with Crippen molar-refractivity contribution < 1.29 is 28.6 Å². The smallest absolute Gasteiger partial charge is 0.332 e. The van der Waals surface area contributed by atoms with Gasteiger partial charge in [0.05, 0.1) is 12.2 Å². The molecule has 0 spiro atoms. The molecule has 156 valence electrons. The van der Waals surface area contributed by atoms with Crippen LogP contribution in [0.1, 0.15) is 34.5 Å². The lowest BCUT2D eigenvalue weighted by molar-refractivity contribution is -0.147. The number of hydrogen-bond donors (Lipinski definition) is 3. The van der Waals surface area contributed by atoms with Crippen molar-refractivity contribution in [2.45, 2.75) is 25.5 Å². The van der Waals surface area contributed by atoms with Gasteiger partial charge in [0.15, 0.2) is 6.10 Å². The number of halogens is 2. The average Bonchev–Trinajstić information content (AvgIpc) is 3.16. The number of amides is 1. The number of carboxylic acid groups (broad SMARTS) is 1. The Kier molecular flexibility index (Phi) is 6.49. The second-order valence-electron chi connectivity index (χ2n) is 6.64. The Bertz CT molecular complexity index is 1070. The maximum atomic E-state index is 14.1. The van der Waals surface area contributed by atoms with Crippen molar-refractivity contribution in [1.82, 2.24) is 10.3 Å². The topological polar surface area (TPSA) is 113 Å². The van der Waals surface area contributed by atoms with E-state index in [4.69, 9.17) is 21.1 Å². The molecule has 9 heteroatoms. The van der Waals surface area contributed by atoms with Gasteiger partial charge in [-0.1, -0.05) is 35.9 Å². The van der Waals surface area contributed by atoms with Crippen LogP contribution in [0.25, 0.3) is 11.1 Å². The minimum Gasteiger partial charge on any atom is -0.479 e. The van der Waals surface area contributed by atoms with Gasteiger partial charge in [-0.25, -0.2) is 14.2 Å². The molecule has 7 nitrogen and oxygen atoms in total. The summed E-state index contributed by atoms with van der Waals surface area (Å²) in [5.41, 5.74) is 1.36. The van der Waals surface area contributed by atoms with Gasteiger partial charge in [-0.2, -0.15) is 0 Å². The van der Waals surface area contributed by atoms with Crippen LogP contribution >= 0.6 is 11.6 Å². The first-order valence-corrected chi connectivity index (χ1v) is 9.32. The van der Waals surface area contributed by atoms with Gasteiger partial charge in [0.2, 0.25) is 0 Å². The molecule has 0 radical (unpaired) electrons. The summed E-state index contributed by atoms with van der Waals surface area (Å²) in [5, 5.41) is 21.8. The largest absolute Gasteiger partial charge is 0.479 e. The Balaban J connectivity index is 1.87. The summed E-state index contributed by atoms with van der Waals surface area (Å²) in [6, 6.07) is 9.79. The van der Waals surface area contributed by atoms with E-state index in [-0.39, 0.29) is 12.3 Å². The number of benzene rings is 2. The number of nitrogens with zero attached hydrogens (tertiary/aromatic N) is 1. The van der Waals surface area contributed by atoms with Gasteiger partial charge >= 0.3 is 11.9 Å². The average molecular weight is 433 g/mol. The summed E-state index contributed by atoms with van der Waals surface area (Å²) in [7, 11) is 0. The predicted molar refractivity (Wildman–Crippen MR) is 107 cm³/mol. The number of aliphatic hydroxyl groups is 1. The van der Waals surface area contributed by atoms with E-state index in [1.165, 1.54) is 24.4 Å². The number of hydrogen-bond acceptors (Lipinski definition) is 5. The third-order valence-electron chi connectivity index (χ3n) is 4.42. The Morgan fingerprint density at radius 1 is 1.23 bits per heavy atom. The number of carbonyl (C=O) groups is 2. The molecule has 0 saturated carbocycles. The molecule has 0 aliphatic carbocycles. The van der Waals surface area contributed by atoms with Crippen LogP contribution in [0.3, 0.4) is 0 Å². The van der Waals surface area contributed by atoms with Crippen LogP contribution < -0.4 is 5.32 Å². The highest BCUT2D eigenvalue weighted by Gasteiger charge is 2.25. The van der Waals surface area contributed by atoms with Crippen molar-refractivity contribution in [2.24, 2.45) is 0 Å². The lowest BCUT2D eigenvalue weighted by atomic mass is 9.97. The molecule has 0 aliphatic heterocycles. The van der Waals surface area contributed by atoms with Gasteiger partial charge < -0.3 is 19.9 Å². The zero-order chi connectivity index (χ0) is 21.8. The van der Waals surface area contributed by atoms with Gasteiger partial charge in [-0.3, -0.25) is 4.79 Å². The third-order valence-corrected chi connectivity index (χ3v) is 4.65. The van der Waals surface area contributed by atoms with Crippen molar-refractivity contribution in [3.8, 4) is 11.1 Å². The third kappa shape index (κ3) is 5.03. The summed E-state index contributed by atoms with van der Waals surface area (Å²) >= 11 is 5.94. The van der Waals surface area contributed by atoms with Crippen LogP contribution in [0.15, 0.2) is 53.1 Å². The molecule has 30 heavy (non-hydrogen) atoms. The summed E-state index contributed by atoms with van der Waals surface area (Å²) in [4.78, 5) is 27.3. The number of carboxylic acids is 1. The lowest BCUT2D eigenvalue weighted by Crippen LogP contribution is -2.33. The molecule has 0 saturated heterocycles. The molecule has 1 aromatic heterocycles. The van der Waals surface area contributed by atoms with Crippen LogP contribution in [0.4, 0.5) is 4.39 Å². The molecule has 1 amide bonds. The molecule has 2 unspecified atom stereocenters. The fraction of sp³-hybridized carbons (Fsp3) is 0.190. The van der Waals surface area contributed by atoms with E-state index in [1.54, 1.807) is 31.2 Å². The number of aliphatic hydroxyl groups excluding tert-OH is 1. The number of aryl methyl sites for hydroxylation is 1. The Morgan fingerprint density at radius 3 is 2.53 bits per heavy atom. The van der Waals surface area contributed by atoms with E-state index in [2.05, 4.69) is 10.3 Å². The van der Waals surface area contributed by atoms with Crippen molar-refractivity contribution in [2.75, 3.05) is 0 Å². The van der Waals surface area contributed by atoms with Crippen LogP contribution in [-0.2, 0) is 4.79 Å². The summed E-state index contributed by atoms with van der Waals surface area (Å²) in [6.07, 6.45) is -0.609. The first-order chi connectivity index (χ1) is 14.2. The molecule has 0 bridgehead atoms. The normalized spacial score (nSPS) is 12.9. The zero-order valence-corrected chi connectivity index (χ0v) is 16.6. The van der Waals surface area contributed by atoms with E-state index in [1.807, 2.05) is 0 Å². The highest BCUT2D eigenvalue weighted by molar-refractivity contribution is 6.30. The first kappa shape index (κ1) is 21.5. The van der Waals surface area contributed by atoms with Gasteiger partial charge in [0.1, 0.15) is 11.6 Å². The first-order valence-electron chi connectivity index (χ1n) is 8.94. The van der Waals surface area contributed by atoms with E-state index < -0.39 is 29.8 Å². The SMILES string of the molecule is Cc1cnc(C(=O)NC(CC(O)C(=O)O)c2ccc(-c3cc(Cl)ccc3F)cc2)o1. The fourth-order valence-corrected chi connectivity index (χ4v) is 3.07. The highest BCUT2D eigenvalue weighted by atomic mass is 35.5. The molecule has 2 atom stereocenters. The van der Waals surface area contributed by atoms with Crippen LogP contribution in [0.2, 0.25) is 5.02 Å². The van der Waals surface area contributed by atoms with E-state index in [0.717, 1.165) is 0 Å². The molecule has 3 aromatic rings. The Labute approximate surface area is 176 Å². The maximum Gasteiger partial charge on any atom is 0.332 e. The molecular formula is C21H18ClFN2O5. The van der Waals surface area contributed by atoms with E-state index >= 15 is 0 Å². The number of rotatable bonds is 7. The number of oxazole rings is 1. The van der Waals surface area contributed by atoms with Crippen molar-refractivity contribution in [3.63, 3.8) is 0 Å². The van der Waals surface area contributed by atoms with Gasteiger partial charge in [0, 0.05) is 17.0 Å². The molecule has 3 N–H and O–H groups in total. The minimum absolute atomic E-state index is 0.181. The van der Waals surface area contributed by atoms with Gasteiger partial charge in [-0.05, 0) is 36.2 Å². The second-order valence-corrected chi connectivity index (χ2v) is 7.07. The predicted octanol–water partition coefficient (Wildman–Crippen LogP) is 3.75. The standard InChI is InChI=1S/C21H18ClFN2O5/c1-11-10-24-20(30-11)19(27)25-17(9-18(26)21(28)29)13-4-2-12(3-5-13)15-8-14(22)6-7-16(15)23/h2-8,10,17-18,26H,9H2,1H3,(H,25,27)(H,28,29). The van der Waals surface area contributed by atoms with Crippen LogP contribution in [-0.4, -0.2) is 33.2 Å². The molecule has 0 fully saturated rings. The van der Waals surface area contributed by atoms with E-state index in [9.17, 15) is 19.1 Å². The van der Waals surface area contributed by atoms with Crippen LogP contribution in [0, 0.1) is 12.7 Å². The summed E-state index contributed by atoms with van der Waals surface area (Å²) in [6.45, 7) is 1.63. The quantitative estimate of drug-likeness (QED) is 0.524. The van der Waals surface area contributed by atoms with Gasteiger partial charge in [0.25, 0.3) is 5.89 Å². The second kappa shape index (κ2) is 9.06. The summed E-state index contributed by atoms with van der Waals surface area (Å²) < 4.78 is 19.3. The minimum atomic E-state index is -1.70. The number of aliphatic carboxylic acids is 1. The molecule has 0 aliphatic rings. The number of carbonyl (C=O) groups excluding carboxylic acids is 1. The zero-order valence-electron chi connectivity index (χ0n) is 15.8.